The number of rotatable bonds is 7. The number of hydrogen-bond acceptors (Lipinski definition) is 8. The Morgan fingerprint density at radius 2 is 1.90 bits per heavy atom. The van der Waals surface area contributed by atoms with E-state index in [9.17, 15) is 4.79 Å². The molecule has 2 aromatic carbocycles. The van der Waals surface area contributed by atoms with Gasteiger partial charge in [-0.25, -0.2) is 9.38 Å². The molecule has 158 valence electrons. The third-order valence-electron chi connectivity index (χ3n) is 4.47. The van der Waals surface area contributed by atoms with Gasteiger partial charge in [0.1, 0.15) is 11.5 Å². The van der Waals surface area contributed by atoms with E-state index < -0.39 is 0 Å². The van der Waals surface area contributed by atoms with Gasteiger partial charge in [-0.2, -0.15) is 0 Å². The van der Waals surface area contributed by atoms with Crippen LogP contribution in [0, 0.1) is 0 Å². The zero-order valence-electron chi connectivity index (χ0n) is 16.9. The number of ether oxygens (including phenoxy) is 2. The highest BCUT2D eigenvalue weighted by Crippen LogP contribution is 2.29. The van der Waals surface area contributed by atoms with E-state index in [1.807, 2.05) is 36.4 Å². The number of thioether (sulfide) groups is 1. The summed E-state index contributed by atoms with van der Waals surface area (Å²) in [6.45, 7) is 0. The molecule has 9 nitrogen and oxygen atoms in total. The summed E-state index contributed by atoms with van der Waals surface area (Å²) in [4.78, 5) is 17.0. The molecule has 0 atom stereocenters. The minimum Gasteiger partial charge on any atom is -0.497 e. The lowest BCUT2D eigenvalue weighted by Gasteiger charge is -2.11. The zero-order chi connectivity index (χ0) is 21.8. The number of nitrogens with zero attached hydrogens (tertiary/aromatic N) is 4. The van der Waals surface area contributed by atoms with Crippen molar-refractivity contribution in [2.75, 3.05) is 31.0 Å². The van der Waals surface area contributed by atoms with Crippen LogP contribution in [-0.2, 0) is 4.79 Å². The van der Waals surface area contributed by atoms with Gasteiger partial charge in [0.15, 0.2) is 10.8 Å². The van der Waals surface area contributed by atoms with Gasteiger partial charge in [-0.15, -0.1) is 10.2 Å². The van der Waals surface area contributed by atoms with E-state index in [-0.39, 0.29) is 17.6 Å². The lowest BCUT2D eigenvalue weighted by molar-refractivity contribution is -0.113. The molecule has 0 saturated carbocycles. The normalized spacial score (nSPS) is 10.8. The molecule has 2 aromatic heterocycles. The maximum absolute atomic E-state index is 12.5. The number of carbonyl (C=O) groups excluding carboxylic acids is 1. The fourth-order valence-corrected chi connectivity index (χ4v) is 3.74. The van der Waals surface area contributed by atoms with Gasteiger partial charge in [0, 0.05) is 17.7 Å². The summed E-state index contributed by atoms with van der Waals surface area (Å²) in [7, 11) is 3.09. The largest absolute Gasteiger partial charge is 0.497 e. The Hall–Kier alpha value is -3.79. The predicted octanol–water partition coefficient (Wildman–Crippen LogP) is 3.12. The van der Waals surface area contributed by atoms with Crippen molar-refractivity contribution < 1.29 is 14.3 Å². The molecule has 0 radical (unpaired) electrons. The highest BCUT2D eigenvalue weighted by atomic mass is 32.2. The Kier molecular flexibility index (Phi) is 5.89. The van der Waals surface area contributed by atoms with E-state index in [1.54, 1.807) is 29.7 Å². The van der Waals surface area contributed by atoms with Crippen LogP contribution in [-0.4, -0.2) is 45.5 Å². The number of hydrogen-bond donors (Lipinski definition) is 2. The number of fused-ring (bicyclic) bond motifs is 1. The SMILES string of the molecule is COc1ccc(OC)c(NC(=O)CSc2nnc3cc(-c4ccccc4)nc(N)n23)c1. The molecule has 2 heterocycles. The van der Waals surface area contributed by atoms with Crippen molar-refractivity contribution >= 4 is 35.0 Å². The van der Waals surface area contributed by atoms with Crippen LogP contribution < -0.4 is 20.5 Å². The van der Waals surface area contributed by atoms with Gasteiger partial charge < -0.3 is 20.5 Å². The molecule has 0 bridgehead atoms. The maximum Gasteiger partial charge on any atom is 0.234 e. The van der Waals surface area contributed by atoms with Gasteiger partial charge in [-0.05, 0) is 12.1 Å². The molecule has 0 fully saturated rings. The molecule has 0 saturated heterocycles. The summed E-state index contributed by atoms with van der Waals surface area (Å²) >= 11 is 1.21. The molecular formula is C21H20N6O3S. The summed E-state index contributed by atoms with van der Waals surface area (Å²) in [6.07, 6.45) is 0. The van der Waals surface area contributed by atoms with Gasteiger partial charge in [0.25, 0.3) is 0 Å². The van der Waals surface area contributed by atoms with Crippen molar-refractivity contribution in [3.05, 3.63) is 54.6 Å². The minimum atomic E-state index is -0.235. The molecule has 4 aromatic rings. The monoisotopic (exact) mass is 436 g/mol. The molecule has 1 amide bonds. The van der Waals surface area contributed by atoms with Crippen LogP contribution in [0.3, 0.4) is 0 Å². The van der Waals surface area contributed by atoms with E-state index in [0.717, 1.165) is 5.56 Å². The quantitative estimate of drug-likeness (QED) is 0.425. The van der Waals surface area contributed by atoms with Crippen molar-refractivity contribution in [2.45, 2.75) is 5.16 Å². The number of benzene rings is 2. The van der Waals surface area contributed by atoms with Crippen LogP contribution in [0.1, 0.15) is 0 Å². The summed E-state index contributed by atoms with van der Waals surface area (Å²) in [5.74, 6) is 1.26. The fourth-order valence-electron chi connectivity index (χ4n) is 3.00. The second kappa shape index (κ2) is 8.92. The first-order valence-electron chi connectivity index (χ1n) is 9.31. The summed E-state index contributed by atoms with van der Waals surface area (Å²) in [5, 5.41) is 11.6. The molecule has 0 aliphatic carbocycles. The number of amides is 1. The Balaban J connectivity index is 1.50. The van der Waals surface area contributed by atoms with Crippen LogP contribution in [0.5, 0.6) is 11.5 Å². The third kappa shape index (κ3) is 4.38. The van der Waals surface area contributed by atoms with Gasteiger partial charge >= 0.3 is 0 Å². The average Bonchev–Trinajstić information content (AvgIpc) is 3.22. The van der Waals surface area contributed by atoms with Gasteiger partial charge in [-0.1, -0.05) is 42.1 Å². The van der Waals surface area contributed by atoms with Gasteiger partial charge in [0.2, 0.25) is 11.9 Å². The smallest absolute Gasteiger partial charge is 0.234 e. The standard InChI is InChI=1S/C21H20N6O3S/c1-29-14-8-9-17(30-2)16(10-14)23-19(28)12-31-21-26-25-18-11-15(24-20(22)27(18)21)13-6-4-3-5-7-13/h3-11H,12H2,1-2H3,(H2,22,24)(H,23,28). The number of carbonyl (C=O) groups is 1. The molecule has 0 aliphatic heterocycles. The van der Waals surface area contributed by atoms with Crippen molar-refractivity contribution in [2.24, 2.45) is 0 Å². The zero-order valence-corrected chi connectivity index (χ0v) is 17.7. The van der Waals surface area contributed by atoms with Gasteiger partial charge in [-0.3, -0.25) is 4.79 Å². The number of methoxy groups -OCH3 is 2. The highest BCUT2D eigenvalue weighted by molar-refractivity contribution is 7.99. The molecule has 0 unspecified atom stereocenters. The van der Waals surface area contributed by atoms with Crippen molar-refractivity contribution in [3.8, 4) is 22.8 Å². The fraction of sp³-hybridized carbons (Fsp3) is 0.143. The average molecular weight is 436 g/mol. The molecule has 10 heteroatoms. The second-order valence-electron chi connectivity index (χ2n) is 6.44. The Morgan fingerprint density at radius 1 is 1.10 bits per heavy atom. The van der Waals surface area contributed by atoms with E-state index in [0.29, 0.717) is 33.7 Å². The van der Waals surface area contributed by atoms with Crippen LogP contribution in [0.15, 0.2) is 59.8 Å². The first-order valence-corrected chi connectivity index (χ1v) is 10.3. The van der Waals surface area contributed by atoms with Crippen molar-refractivity contribution in [1.82, 2.24) is 19.6 Å². The summed E-state index contributed by atoms with van der Waals surface area (Å²) < 4.78 is 12.1. The minimum absolute atomic E-state index is 0.0982. The third-order valence-corrected chi connectivity index (χ3v) is 5.40. The Labute approximate surface area is 182 Å². The van der Waals surface area contributed by atoms with Crippen LogP contribution in [0.25, 0.3) is 16.9 Å². The number of anilines is 2. The topological polar surface area (TPSA) is 117 Å². The number of nitrogen functional groups attached to an aromatic ring is 1. The molecule has 3 N–H and O–H groups in total. The Bertz CT molecular complexity index is 1230. The predicted molar refractivity (Wildman–Crippen MR) is 120 cm³/mol. The van der Waals surface area contributed by atoms with Crippen LogP contribution in [0.4, 0.5) is 11.6 Å². The first kappa shape index (κ1) is 20.5. The number of aromatic nitrogens is 4. The van der Waals surface area contributed by atoms with E-state index >= 15 is 0 Å². The maximum atomic E-state index is 12.5. The highest BCUT2D eigenvalue weighted by Gasteiger charge is 2.15. The lowest BCUT2D eigenvalue weighted by atomic mass is 10.1. The molecule has 0 spiro atoms. The van der Waals surface area contributed by atoms with Crippen molar-refractivity contribution in [3.63, 3.8) is 0 Å². The van der Waals surface area contributed by atoms with E-state index in [1.165, 1.54) is 18.9 Å². The summed E-state index contributed by atoms with van der Waals surface area (Å²) in [5.41, 5.74) is 8.88. The lowest BCUT2D eigenvalue weighted by Crippen LogP contribution is -2.15. The van der Waals surface area contributed by atoms with E-state index in [2.05, 4.69) is 20.5 Å². The molecular weight excluding hydrogens is 416 g/mol. The van der Waals surface area contributed by atoms with Crippen molar-refractivity contribution in [1.29, 1.82) is 0 Å². The molecule has 31 heavy (non-hydrogen) atoms. The van der Waals surface area contributed by atoms with Crippen LogP contribution in [0.2, 0.25) is 0 Å². The van der Waals surface area contributed by atoms with Crippen LogP contribution >= 0.6 is 11.8 Å². The second-order valence-corrected chi connectivity index (χ2v) is 7.39. The van der Waals surface area contributed by atoms with Gasteiger partial charge in [0.05, 0.1) is 31.4 Å². The van der Waals surface area contributed by atoms with E-state index in [4.69, 9.17) is 15.2 Å². The number of nitrogens with one attached hydrogen (secondary N) is 1. The first-order chi connectivity index (χ1) is 15.1. The summed E-state index contributed by atoms with van der Waals surface area (Å²) in [6, 6.07) is 16.7. The Morgan fingerprint density at radius 3 is 2.65 bits per heavy atom. The molecule has 0 aliphatic rings. The number of nitrogens with two attached hydrogens (primary N) is 1. The molecule has 4 rings (SSSR count).